The highest BCUT2D eigenvalue weighted by atomic mass is 79.9. The Hall–Kier alpha value is -1.18. The van der Waals surface area contributed by atoms with E-state index in [2.05, 4.69) is 31.9 Å². The van der Waals surface area contributed by atoms with Gasteiger partial charge in [-0.3, -0.25) is 9.59 Å². The van der Waals surface area contributed by atoms with E-state index in [0.717, 1.165) is 19.7 Å². The SMILES string of the molecule is O=C1C(=Cc2cc(Br)sc2Br)C(=O)c2cc(F)c(F)cc21. The lowest BCUT2D eigenvalue weighted by atomic mass is 10.1. The number of rotatable bonds is 1. The summed E-state index contributed by atoms with van der Waals surface area (Å²) in [7, 11) is 0. The number of carbonyl (C=O) groups excluding carboxylic acids is 2. The number of ketones is 2. The summed E-state index contributed by atoms with van der Waals surface area (Å²) in [6.07, 6.45) is 1.42. The molecule has 0 radical (unpaired) electrons. The van der Waals surface area contributed by atoms with Crippen molar-refractivity contribution in [2.75, 3.05) is 0 Å². The number of benzene rings is 1. The fourth-order valence-corrected chi connectivity index (χ4v) is 4.78. The zero-order chi connectivity index (χ0) is 15.3. The molecule has 3 rings (SSSR count). The number of halogens is 4. The highest BCUT2D eigenvalue weighted by Crippen LogP contribution is 2.35. The summed E-state index contributed by atoms with van der Waals surface area (Å²) in [4.78, 5) is 24.4. The van der Waals surface area contributed by atoms with Gasteiger partial charge in [-0.25, -0.2) is 8.78 Å². The van der Waals surface area contributed by atoms with Crippen LogP contribution in [0.15, 0.2) is 31.3 Å². The average Bonchev–Trinajstić information content (AvgIpc) is 2.84. The first-order valence-electron chi connectivity index (χ1n) is 5.63. The van der Waals surface area contributed by atoms with E-state index < -0.39 is 23.2 Å². The molecule has 106 valence electrons. The molecule has 0 amide bonds. The number of fused-ring (bicyclic) bond motifs is 1. The van der Waals surface area contributed by atoms with E-state index in [1.54, 1.807) is 6.07 Å². The minimum atomic E-state index is -1.14. The second-order valence-electron chi connectivity index (χ2n) is 4.31. The number of allylic oxidation sites excluding steroid dienone is 1. The molecule has 1 aliphatic rings. The molecule has 0 atom stereocenters. The molecule has 2 nitrogen and oxygen atoms in total. The van der Waals surface area contributed by atoms with Gasteiger partial charge in [0, 0.05) is 16.7 Å². The van der Waals surface area contributed by atoms with Crippen LogP contribution in [0.25, 0.3) is 6.08 Å². The van der Waals surface area contributed by atoms with E-state index >= 15 is 0 Å². The van der Waals surface area contributed by atoms with Crippen LogP contribution >= 0.6 is 43.2 Å². The molecule has 0 N–H and O–H groups in total. The van der Waals surface area contributed by atoms with Crippen molar-refractivity contribution in [2.45, 2.75) is 0 Å². The van der Waals surface area contributed by atoms with Crippen LogP contribution in [0.1, 0.15) is 26.3 Å². The summed E-state index contributed by atoms with van der Waals surface area (Å²) in [5.41, 5.74) is 0.351. The molecule has 1 aromatic carbocycles. The van der Waals surface area contributed by atoms with Crippen molar-refractivity contribution in [1.82, 2.24) is 0 Å². The van der Waals surface area contributed by atoms with Crippen LogP contribution in [0.5, 0.6) is 0 Å². The summed E-state index contributed by atoms with van der Waals surface area (Å²) in [5, 5.41) is 0. The van der Waals surface area contributed by atoms with Crippen LogP contribution in [0.2, 0.25) is 0 Å². The quantitative estimate of drug-likeness (QED) is 0.467. The van der Waals surface area contributed by atoms with Gasteiger partial charge in [0.2, 0.25) is 0 Å². The van der Waals surface area contributed by atoms with Crippen LogP contribution in [0.3, 0.4) is 0 Å². The lowest BCUT2D eigenvalue weighted by Gasteiger charge is -1.96. The third kappa shape index (κ3) is 2.43. The molecule has 0 saturated heterocycles. The zero-order valence-electron chi connectivity index (χ0n) is 10.0. The molecular weight excluding hydrogens is 430 g/mol. The molecule has 0 fully saturated rings. The van der Waals surface area contributed by atoms with E-state index in [4.69, 9.17) is 0 Å². The third-order valence-electron chi connectivity index (χ3n) is 3.02. The first-order chi connectivity index (χ1) is 9.88. The fraction of sp³-hybridized carbons (Fsp3) is 0. The summed E-state index contributed by atoms with van der Waals surface area (Å²) < 4.78 is 28.0. The Labute approximate surface area is 138 Å². The summed E-state index contributed by atoms with van der Waals surface area (Å²) in [5.74, 6) is -3.47. The minimum absolute atomic E-state index is 0.0963. The Morgan fingerprint density at radius 3 is 1.90 bits per heavy atom. The second kappa shape index (κ2) is 5.23. The topological polar surface area (TPSA) is 34.1 Å². The van der Waals surface area contributed by atoms with Gasteiger partial charge in [0.15, 0.2) is 23.2 Å². The lowest BCUT2D eigenvalue weighted by Crippen LogP contribution is -2.00. The van der Waals surface area contributed by atoms with Crippen molar-refractivity contribution in [1.29, 1.82) is 0 Å². The van der Waals surface area contributed by atoms with Crippen LogP contribution in [0, 0.1) is 11.6 Å². The van der Waals surface area contributed by atoms with Crippen LogP contribution < -0.4 is 0 Å². The Bertz CT molecular complexity index is 797. The highest BCUT2D eigenvalue weighted by molar-refractivity contribution is 9.12. The average molecular weight is 434 g/mol. The van der Waals surface area contributed by atoms with Gasteiger partial charge in [0.1, 0.15) is 0 Å². The van der Waals surface area contributed by atoms with Crippen molar-refractivity contribution in [3.05, 3.63) is 59.7 Å². The smallest absolute Gasteiger partial charge is 0.197 e. The molecule has 0 aliphatic heterocycles. The largest absolute Gasteiger partial charge is 0.288 e. The van der Waals surface area contributed by atoms with Crippen LogP contribution in [0.4, 0.5) is 8.78 Å². The van der Waals surface area contributed by atoms with E-state index in [0.29, 0.717) is 5.56 Å². The fourth-order valence-electron chi connectivity index (χ4n) is 2.05. The van der Waals surface area contributed by atoms with E-state index in [1.807, 2.05) is 0 Å². The van der Waals surface area contributed by atoms with Gasteiger partial charge < -0.3 is 0 Å². The van der Waals surface area contributed by atoms with Crippen molar-refractivity contribution >= 4 is 60.8 Å². The minimum Gasteiger partial charge on any atom is -0.288 e. The predicted octanol–water partition coefficient (Wildman–Crippen LogP) is 5.01. The second-order valence-corrected chi connectivity index (χ2v) is 8.06. The van der Waals surface area contributed by atoms with Crippen molar-refractivity contribution < 1.29 is 18.4 Å². The monoisotopic (exact) mass is 432 g/mol. The number of hydrogen-bond acceptors (Lipinski definition) is 3. The van der Waals surface area contributed by atoms with Gasteiger partial charge in [-0.2, -0.15) is 0 Å². The molecule has 1 aromatic heterocycles. The van der Waals surface area contributed by atoms with Crippen LogP contribution in [-0.2, 0) is 0 Å². The highest BCUT2D eigenvalue weighted by Gasteiger charge is 2.34. The Balaban J connectivity index is 2.14. The Morgan fingerprint density at radius 1 is 0.952 bits per heavy atom. The Morgan fingerprint density at radius 2 is 1.48 bits per heavy atom. The molecule has 2 aromatic rings. The van der Waals surface area contributed by atoms with Gasteiger partial charge in [0.25, 0.3) is 0 Å². The molecule has 0 spiro atoms. The molecular formula is C14H4Br2F2O2S. The molecule has 7 heteroatoms. The molecule has 1 aliphatic carbocycles. The van der Waals surface area contributed by atoms with Gasteiger partial charge in [-0.1, -0.05) is 0 Å². The van der Waals surface area contributed by atoms with E-state index in [-0.39, 0.29) is 16.7 Å². The normalized spacial score (nSPS) is 13.8. The standard InChI is InChI=1S/C14H4Br2F2O2S/c15-11-2-5(14(16)21-11)1-8-12(19)6-3-9(17)10(18)4-7(6)13(8)20/h1-4H. The van der Waals surface area contributed by atoms with Gasteiger partial charge in [0.05, 0.1) is 13.1 Å². The molecule has 0 unspecified atom stereocenters. The summed E-state index contributed by atoms with van der Waals surface area (Å²) in [6.45, 7) is 0. The zero-order valence-corrected chi connectivity index (χ0v) is 14.0. The first-order valence-corrected chi connectivity index (χ1v) is 8.03. The van der Waals surface area contributed by atoms with E-state index in [9.17, 15) is 18.4 Å². The predicted molar refractivity (Wildman–Crippen MR) is 82.7 cm³/mol. The molecule has 1 heterocycles. The Kier molecular flexibility index (Phi) is 3.67. The maximum Gasteiger partial charge on any atom is 0.197 e. The third-order valence-corrected chi connectivity index (χ3v) is 5.41. The maximum atomic E-state index is 13.2. The van der Waals surface area contributed by atoms with Gasteiger partial charge >= 0.3 is 0 Å². The van der Waals surface area contributed by atoms with Crippen LogP contribution in [-0.4, -0.2) is 11.6 Å². The summed E-state index contributed by atoms with van der Waals surface area (Å²) in [6, 6.07) is 3.28. The molecule has 0 saturated carbocycles. The number of Topliss-reactive ketones (excluding diaryl/α,β-unsaturated/α-hetero) is 2. The maximum absolute atomic E-state index is 13.2. The van der Waals surface area contributed by atoms with E-state index in [1.165, 1.54) is 17.4 Å². The molecule has 21 heavy (non-hydrogen) atoms. The summed E-state index contributed by atoms with van der Waals surface area (Å²) >= 11 is 8.01. The lowest BCUT2D eigenvalue weighted by molar-refractivity contribution is 0.0990. The first kappa shape index (κ1) is 14.7. The van der Waals surface area contributed by atoms with Crippen molar-refractivity contribution in [3.8, 4) is 0 Å². The molecule has 0 bridgehead atoms. The van der Waals surface area contributed by atoms with Gasteiger partial charge in [-0.05, 0) is 56.1 Å². The van der Waals surface area contributed by atoms with Crippen molar-refractivity contribution in [3.63, 3.8) is 0 Å². The number of carbonyl (C=O) groups is 2. The number of thiophene rings is 1. The van der Waals surface area contributed by atoms with Crippen molar-refractivity contribution in [2.24, 2.45) is 0 Å². The van der Waals surface area contributed by atoms with Gasteiger partial charge in [-0.15, -0.1) is 11.3 Å². The number of hydrogen-bond donors (Lipinski definition) is 0.